The number of nitriles is 1. The fourth-order valence-corrected chi connectivity index (χ4v) is 2.00. The second-order valence-corrected chi connectivity index (χ2v) is 4.57. The predicted molar refractivity (Wildman–Crippen MR) is 70.4 cm³/mol. The van der Waals surface area contributed by atoms with Crippen LogP contribution in [0.2, 0.25) is 0 Å². The van der Waals surface area contributed by atoms with Crippen molar-refractivity contribution in [1.82, 2.24) is 9.80 Å². The minimum absolute atomic E-state index is 0.0478. The third-order valence-electron chi connectivity index (χ3n) is 3.22. The molecule has 1 amide bonds. The Hall–Kier alpha value is -2.06. The van der Waals surface area contributed by atoms with Crippen molar-refractivity contribution >= 4 is 5.91 Å². The highest BCUT2D eigenvalue weighted by Gasteiger charge is 2.22. The van der Waals surface area contributed by atoms with Crippen LogP contribution in [0.4, 0.5) is 0 Å². The summed E-state index contributed by atoms with van der Waals surface area (Å²) in [5.41, 5.74) is 0.731. The molecule has 1 saturated heterocycles. The summed E-state index contributed by atoms with van der Waals surface area (Å²) in [7, 11) is 0. The van der Waals surface area contributed by atoms with Crippen molar-refractivity contribution in [3.05, 3.63) is 35.8 Å². The van der Waals surface area contributed by atoms with Crippen LogP contribution in [0.25, 0.3) is 0 Å². The third-order valence-corrected chi connectivity index (χ3v) is 3.22. The molecular weight excluding hydrogens is 242 g/mol. The number of amides is 1. The number of hydrogen-bond acceptors (Lipinski definition) is 4. The average molecular weight is 259 g/mol. The highest BCUT2D eigenvalue weighted by atomic mass is 16.3. The van der Waals surface area contributed by atoms with E-state index < -0.39 is 0 Å². The maximum absolute atomic E-state index is 12.0. The van der Waals surface area contributed by atoms with Gasteiger partial charge in [-0.15, -0.1) is 0 Å². The Bertz CT molecular complexity index is 491. The van der Waals surface area contributed by atoms with E-state index in [0.29, 0.717) is 18.8 Å². The highest BCUT2D eigenvalue weighted by Crippen LogP contribution is 2.09. The van der Waals surface area contributed by atoms with Crippen LogP contribution in [0.5, 0.6) is 0 Å². The first-order valence-corrected chi connectivity index (χ1v) is 6.32. The van der Waals surface area contributed by atoms with Gasteiger partial charge in [0.2, 0.25) is 0 Å². The van der Waals surface area contributed by atoms with Crippen LogP contribution in [0.3, 0.4) is 0 Å². The van der Waals surface area contributed by atoms with E-state index in [1.165, 1.54) is 6.26 Å². The fraction of sp³-hybridized carbons (Fsp3) is 0.429. The topological polar surface area (TPSA) is 60.5 Å². The van der Waals surface area contributed by atoms with Gasteiger partial charge in [-0.3, -0.25) is 9.69 Å². The predicted octanol–water partition coefficient (Wildman–Crippen LogP) is 1.51. The van der Waals surface area contributed by atoms with E-state index >= 15 is 0 Å². The van der Waals surface area contributed by atoms with E-state index in [0.717, 1.165) is 25.2 Å². The second-order valence-electron chi connectivity index (χ2n) is 4.57. The summed E-state index contributed by atoms with van der Waals surface area (Å²) in [5.74, 6) is 0.349. The first kappa shape index (κ1) is 13.4. The monoisotopic (exact) mass is 259 g/mol. The van der Waals surface area contributed by atoms with Gasteiger partial charge in [0.25, 0.3) is 5.91 Å². The lowest BCUT2D eigenvalue weighted by molar-refractivity contribution is 0.0619. The van der Waals surface area contributed by atoms with Crippen molar-refractivity contribution in [2.75, 3.05) is 32.7 Å². The molecule has 2 heterocycles. The summed E-state index contributed by atoms with van der Waals surface area (Å²) in [6.45, 7) is 5.60. The second kappa shape index (κ2) is 6.21. The van der Waals surface area contributed by atoms with Gasteiger partial charge in [0.15, 0.2) is 5.76 Å². The van der Waals surface area contributed by atoms with Crippen LogP contribution in [0.15, 0.2) is 34.5 Å². The zero-order chi connectivity index (χ0) is 13.7. The smallest absolute Gasteiger partial charge is 0.289 e. The molecule has 0 atom stereocenters. The van der Waals surface area contributed by atoms with E-state index in [1.807, 2.05) is 6.08 Å². The molecule has 0 aliphatic carbocycles. The molecule has 100 valence electrons. The van der Waals surface area contributed by atoms with Crippen LogP contribution in [0, 0.1) is 11.3 Å². The Balaban J connectivity index is 1.83. The van der Waals surface area contributed by atoms with Gasteiger partial charge in [-0.25, -0.2) is 0 Å². The molecule has 0 radical (unpaired) electrons. The molecule has 19 heavy (non-hydrogen) atoms. The molecule has 0 spiro atoms. The molecule has 5 heteroatoms. The quantitative estimate of drug-likeness (QED) is 0.772. The number of hydrogen-bond donors (Lipinski definition) is 0. The molecule has 0 bridgehead atoms. The fourth-order valence-electron chi connectivity index (χ4n) is 2.00. The van der Waals surface area contributed by atoms with Crippen molar-refractivity contribution in [3.8, 4) is 6.07 Å². The molecule has 1 fully saturated rings. The molecular formula is C14H17N3O2. The first-order chi connectivity index (χ1) is 9.20. The number of piperazine rings is 1. The Morgan fingerprint density at radius 2 is 2.21 bits per heavy atom. The lowest BCUT2D eigenvalue weighted by Gasteiger charge is -2.33. The van der Waals surface area contributed by atoms with Gasteiger partial charge >= 0.3 is 0 Å². The van der Waals surface area contributed by atoms with Gasteiger partial charge in [0.1, 0.15) is 0 Å². The van der Waals surface area contributed by atoms with Crippen LogP contribution in [0.1, 0.15) is 17.5 Å². The summed E-state index contributed by atoms with van der Waals surface area (Å²) >= 11 is 0. The zero-order valence-corrected chi connectivity index (χ0v) is 11.0. The van der Waals surface area contributed by atoms with Gasteiger partial charge in [0, 0.05) is 38.3 Å². The summed E-state index contributed by atoms with van der Waals surface area (Å²) in [5, 5.41) is 8.68. The lowest BCUT2D eigenvalue weighted by atomic mass is 10.2. The van der Waals surface area contributed by atoms with Crippen molar-refractivity contribution in [2.24, 2.45) is 0 Å². The van der Waals surface area contributed by atoms with Gasteiger partial charge in [-0.2, -0.15) is 5.26 Å². The number of rotatable bonds is 3. The molecule has 1 aliphatic heterocycles. The molecule has 0 aromatic carbocycles. The molecule has 5 nitrogen and oxygen atoms in total. The molecule has 0 N–H and O–H groups in total. The number of nitrogens with zero attached hydrogens (tertiary/aromatic N) is 3. The number of allylic oxidation sites excluding steroid dienone is 1. The molecule has 1 aromatic heterocycles. The number of carbonyl (C=O) groups is 1. The average Bonchev–Trinajstić information content (AvgIpc) is 2.98. The zero-order valence-electron chi connectivity index (χ0n) is 11.0. The van der Waals surface area contributed by atoms with E-state index in [2.05, 4.69) is 11.0 Å². The van der Waals surface area contributed by atoms with Gasteiger partial charge in [0.05, 0.1) is 12.3 Å². The summed E-state index contributed by atoms with van der Waals surface area (Å²) < 4.78 is 5.12. The van der Waals surface area contributed by atoms with Crippen molar-refractivity contribution < 1.29 is 9.21 Å². The third kappa shape index (κ3) is 3.46. The highest BCUT2D eigenvalue weighted by molar-refractivity contribution is 5.91. The molecule has 0 saturated carbocycles. The van der Waals surface area contributed by atoms with Crippen LogP contribution in [-0.4, -0.2) is 48.4 Å². The number of carbonyl (C=O) groups excluding carboxylic acids is 1. The van der Waals surface area contributed by atoms with Gasteiger partial charge in [-0.1, -0.05) is 6.08 Å². The van der Waals surface area contributed by atoms with Crippen molar-refractivity contribution in [3.63, 3.8) is 0 Å². The molecule has 0 unspecified atom stereocenters. The minimum Gasteiger partial charge on any atom is -0.459 e. The minimum atomic E-state index is -0.0478. The van der Waals surface area contributed by atoms with Crippen LogP contribution < -0.4 is 0 Å². The van der Waals surface area contributed by atoms with Gasteiger partial charge in [-0.05, 0) is 19.1 Å². The number of furan rings is 1. The Kier molecular flexibility index (Phi) is 4.37. The lowest BCUT2D eigenvalue weighted by Crippen LogP contribution is -2.48. The van der Waals surface area contributed by atoms with Crippen LogP contribution in [-0.2, 0) is 0 Å². The standard InChI is InChI=1S/C14H17N3O2/c1-12(11-15)4-5-16-6-8-17(9-7-16)14(18)13-3-2-10-19-13/h2-4,10H,5-9H2,1H3/b12-4+. The van der Waals surface area contributed by atoms with E-state index in [-0.39, 0.29) is 5.91 Å². The van der Waals surface area contributed by atoms with E-state index in [9.17, 15) is 4.79 Å². The van der Waals surface area contributed by atoms with Gasteiger partial charge < -0.3 is 9.32 Å². The largest absolute Gasteiger partial charge is 0.459 e. The Labute approximate surface area is 112 Å². The maximum atomic E-state index is 12.0. The molecule has 1 aromatic rings. The van der Waals surface area contributed by atoms with E-state index in [1.54, 1.807) is 24.0 Å². The Morgan fingerprint density at radius 1 is 1.47 bits per heavy atom. The van der Waals surface area contributed by atoms with Crippen molar-refractivity contribution in [2.45, 2.75) is 6.92 Å². The summed E-state index contributed by atoms with van der Waals surface area (Å²) in [6.07, 6.45) is 3.43. The maximum Gasteiger partial charge on any atom is 0.289 e. The van der Waals surface area contributed by atoms with Crippen molar-refractivity contribution in [1.29, 1.82) is 5.26 Å². The van der Waals surface area contributed by atoms with E-state index in [4.69, 9.17) is 9.68 Å². The molecule has 2 rings (SSSR count). The van der Waals surface area contributed by atoms with Crippen LogP contribution >= 0.6 is 0 Å². The summed E-state index contributed by atoms with van der Waals surface area (Å²) in [4.78, 5) is 16.1. The normalized spacial score (nSPS) is 17.3. The molecule has 1 aliphatic rings. The SMILES string of the molecule is C/C(C#N)=C\CN1CCN(C(=O)c2ccco2)CC1. The Morgan fingerprint density at radius 3 is 2.79 bits per heavy atom. The summed E-state index contributed by atoms with van der Waals surface area (Å²) in [6, 6.07) is 5.52. The first-order valence-electron chi connectivity index (χ1n) is 6.32.